The molecule has 1 unspecified atom stereocenters. The first-order valence-corrected chi connectivity index (χ1v) is 12.0. The molecule has 0 saturated carbocycles. The van der Waals surface area contributed by atoms with E-state index >= 15 is 4.39 Å². The Morgan fingerprint density at radius 3 is 2.78 bits per heavy atom. The number of sulfonamides is 1. The van der Waals surface area contributed by atoms with Crippen LogP contribution in [0.2, 0.25) is 0 Å². The van der Waals surface area contributed by atoms with Crippen LogP contribution in [0, 0.1) is 11.6 Å². The fourth-order valence-electron chi connectivity index (χ4n) is 3.94. The molecule has 1 aromatic heterocycles. The van der Waals surface area contributed by atoms with Crippen LogP contribution in [-0.2, 0) is 14.8 Å². The summed E-state index contributed by atoms with van der Waals surface area (Å²) in [7, 11) is -3.81. The third-order valence-corrected chi connectivity index (χ3v) is 7.00. The molecule has 4 rings (SSSR count). The van der Waals surface area contributed by atoms with Crippen LogP contribution in [0.1, 0.15) is 35.2 Å². The van der Waals surface area contributed by atoms with E-state index in [1.165, 1.54) is 0 Å². The van der Waals surface area contributed by atoms with Gasteiger partial charge in [-0.2, -0.15) is 0 Å². The van der Waals surface area contributed by atoms with Gasteiger partial charge in [0.15, 0.2) is 11.6 Å². The van der Waals surface area contributed by atoms with E-state index in [1.807, 2.05) is 0 Å². The van der Waals surface area contributed by atoms with Crippen LogP contribution >= 0.6 is 0 Å². The maximum Gasteiger partial charge on any atom is 0.232 e. The molecule has 0 amide bonds. The first-order valence-electron chi connectivity index (χ1n) is 10.4. The van der Waals surface area contributed by atoms with Gasteiger partial charge in [0.05, 0.1) is 48.0 Å². The number of rotatable bonds is 7. The van der Waals surface area contributed by atoms with Crippen molar-refractivity contribution in [2.45, 2.75) is 19.3 Å². The molecule has 32 heavy (non-hydrogen) atoms. The summed E-state index contributed by atoms with van der Waals surface area (Å²) in [5.41, 5.74) is 0.137. The van der Waals surface area contributed by atoms with Crippen molar-refractivity contribution in [3.8, 4) is 0 Å². The van der Waals surface area contributed by atoms with Gasteiger partial charge in [-0.25, -0.2) is 22.2 Å². The summed E-state index contributed by atoms with van der Waals surface area (Å²) in [6.45, 7) is 4.31. The number of benzene rings is 1. The van der Waals surface area contributed by atoms with Crippen LogP contribution in [0.25, 0.3) is 0 Å². The van der Waals surface area contributed by atoms with E-state index in [9.17, 15) is 17.6 Å². The lowest BCUT2D eigenvalue weighted by Gasteiger charge is -2.29. The zero-order valence-electron chi connectivity index (χ0n) is 17.5. The second-order valence-corrected chi connectivity index (χ2v) is 9.58. The van der Waals surface area contributed by atoms with Crippen LogP contribution < -0.4 is 14.9 Å². The van der Waals surface area contributed by atoms with Crippen LogP contribution in [0.5, 0.6) is 0 Å². The third-order valence-electron chi connectivity index (χ3n) is 5.52. The van der Waals surface area contributed by atoms with Crippen LogP contribution in [0.3, 0.4) is 0 Å². The highest BCUT2D eigenvalue weighted by atomic mass is 32.2. The Labute approximate surface area is 185 Å². The van der Waals surface area contributed by atoms with Crippen molar-refractivity contribution in [1.29, 1.82) is 0 Å². The van der Waals surface area contributed by atoms with Gasteiger partial charge in [-0.1, -0.05) is 6.92 Å². The zero-order chi connectivity index (χ0) is 22.9. The van der Waals surface area contributed by atoms with Crippen LogP contribution in [0.4, 0.5) is 26.0 Å². The van der Waals surface area contributed by atoms with Gasteiger partial charge < -0.3 is 15.0 Å². The number of pyridine rings is 1. The molecule has 2 aliphatic rings. The van der Waals surface area contributed by atoms with Crippen molar-refractivity contribution in [2.24, 2.45) is 0 Å². The number of Topliss-reactive ketones (excluding diaryl/α,β-unsaturated/α-hetero) is 1. The molecule has 1 saturated heterocycles. The second kappa shape index (κ2) is 8.99. The molecule has 0 radical (unpaired) electrons. The topological polar surface area (TPSA) is 101 Å². The number of ketones is 1. The number of halogens is 2. The summed E-state index contributed by atoms with van der Waals surface area (Å²) >= 11 is 0. The standard InChI is InChI=1S/C21H24F2N4O4S/c1-2-9-32(29,30)26-17-4-3-16(22)18(19(17)23)20(28)15-12-25-21-14(15)10-13(11-24-21)27-5-7-31-8-6-27/h3-4,10-11,15,26H,2,5-9,12H2,1H3,(H,24,25). The maximum absolute atomic E-state index is 15.1. The van der Waals surface area contributed by atoms with E-state index in [2.05, 4.69) is 19.9 Å². The van der Waals surface area contributed by atoms with Gasteiger partial charge in [0.1, 0.15) is 11.6 Å². The van der Waals surface area contributed by atoms with Crippen molar-refractivity contribution in [1.82, 2.24) is 4.98 Å². The highest BCUT2D eigenvalue weighted by molar-refractivity contribution is 7.92. The van der Waals surface area contributed by atoms with E-state index in [4.69, 9.17) is 4.74 Å². The van der Waals surface area contributed by atoms with Gasteiger partial charge in [0.2, 0.25) is 10.0 Å². The van der Waals surface area contributed by atoms with Gasteiger partial charge in [0, 0.05) is 25.2 Å². The lowest BCUT2D eigenvalue weighted by molar-refractivity contribution is 0.0958. The molecule has 11 heteroatoms. The predicted molar refractivity (Wildman–Crippen MR) is 117 cm³/mol. The fourth-order valence-corrected chi connectivity index (χ4v) is 5.07. The van der Waals surface area contributed by atoms with Crippen LogP contribution in [-0.4, -0.2) is 57.8 Å². The van der Waals surface area contributed by atoms with E-state index < -0.39 is 44.6 Å². The number of nitrogens with one attached hydrogen (secondary N) is 2. The summed E-state index contributed by atoms with van der Waals surface area (Å²) < 4.78 is 61.2. The van der Waals surface area contributed by atoms with Crippen molar-refractivity contribution < 1.29 is 26.7 Å². The number of hydrogen-bond donors (Lipinski definition) is 2. The van der Waals surface area contributed by atoms with Gasteiger partial charge in [-0.3, -0.25) is 9.52 Å². The number of aromatic nitrogens is 1. The maximum atomic E-state index is 15.1. The molecule has 1 aromatic carbocycles. The van der Waals surface area contributed by atoms with Crippen molar-refractivity contribution in [2.75, 3.05) is 53.5 Å². The molecule has 0 spiro atoms. The average Bonchev–Trinajstić information content (AvgIpc) is 3.19. The molecule has 1 atom stereocenters. The Morgan fingerprint density at radius 2 is 2.06 bits per heavy atom. The quantitative estimate of drug-likeness (QED) is 0.605. The summed E-state index contributed by atoms with van der Waals surface area (Å²) in [6.07, 6.45) is 2.02. The minimum atomic E-state index is -3.81. The van der Waals surface area contributed by atoms with Gasteiger partial charge >= 0.3 is 0 Å². The summed E-state index contributed by atoms with van der Waals surface area (Å²) in [5.74, 6) is -3.63. The third kappa shape index (κ3) is 4.40. The summed E-state index contributed by atoms with van der Waals surface area (Å²) in [4.78, 5) is 19.7. The SMILES string of the molecule is CCCS(=O)(=O)Nc1ccc(F)c(C(=O)C2CNc3ncc(N4CCOCC4)cc32)c1F. The monoisotopic (exact) mass is 466 g/mol. The highest BCUT2D eigenvalue weighted by Crippen LogP contribution is 2.36. The molecular formula is C21H24F2N4O4S. The first-order chi connectivity index (χ1) is 15.3. The molecule has 172 valence electrons. The van der Waals surface area contributed by atoms with Gasteiger partial charge in [-0.05, 0) is 24.6 Å². The van der Waals surface area contributed by atoms with E-state index in [0.29, 0.717) is 44.1 Å². The molecule has 2 aromatic rings. The number of carbonyl (C=O) groups excluding carboxylic acids is 1. The number of anilines is 3. The zero-order valence-corrected chi connectivity index (χ0v) is 18.3. The van der Waals surface area contributed by atoms with Gasteiger partial charge in [0.25, 0.3) is 0 Å². The number of carbonyl (C=O) groups is 1. The number of nitrogens with zero attached hydrogens (tertiary/aromatic N) is 2. The molecular weight excluding hydrogens is 442 g/mol. The summed E-state index contributed by atoms with van der Waals surface area (Å²) in [5, 5.41) is 3.01. The normalized spacial score (nSPS) is 18.2. The first kappa shape index (κ1) is 22.4. The minimum absolute atomic E-state index is 0.137. The van der Waals surface area contributed by atoms with Crippen molar-refractivity contribution >= 4 is 33.0 Å². The van der Waals surface area contributed by atoms with Gasteiger partial charge in [-0.15, -0.1) is 0 Å². The molecule has 0 bridgehead atoms. The molecule has 1 fully saturated rings. The molecule has 2 N–H and O–H groups in total. The van der Waals surface area contributed by atoms with E-state index in [0.717, 1.165) is 17.8 Å². The average molecular weight is 467 g/mol. The lowest BCUT2D eigenvalue weighted by atomic mass is 9.92. The highest BCUT2D eigenvalue weighted by Gasteiger charge is 2.35. The van der Waals surface area contributed by atoms with Crippen LogP contribution in [0.15, 0.2) is 24.4 Å². The lowest BCUT2D eigenvalue weighted by Crippen LogP contribution is -2.36. The largest absolute Gasteiger partial charge is 0.378 e. The Balaban J connectivity index is 1.66. The number of hydrogen-bond acceptors (Lipinski definition) is 7. The minimum Gasteiger partial charge on any atom is -0.378 e. The number of fused-ring (bicyclic) bond motifs is 1. The molecule has 8 nitrogen and oxygen atoms in total. The predicted octanol–water partition coefficient (Wildman–Crippen LogP) is 2.74. The molecule has 3 heterocycles. The smallest absolute Gasteiger partial charge is 0.232 e. The summed E-state index contributed by atoms with van der Waals surface area (Å²) in [6, 6.07) is 3.68. The number of morpholine rings is 1. The molecule has 0 aliphatic carbocycles. The fraction of sp³-hybridized carbons (Fsp3) is 0.429. The van der Waals surface area contributed by atoms with E-state index in [1.54, 1.807) is 19.2 Å². The Kier molecular flexibility index (Phi) is 6.29. The second-order valence-electron chi connectivity index (χ2n) is 7.73. The van der Waals surface area contributed by atoms with E-state index in [-0.39, 0.29) is 12.3 Å². The Hall–Kier alpha value is -2.79. The number of ether oxygens (including phenoxy) is 1. The Bertz CT molecular complexity index is 1140. The Morgan fingerprint density at radius 1 is 1.31 bits per heavy atom. The van der Waals surface area contributed by atoms with Crippen molar-refractivity contribution in [3.05, 3.63) is 47.2 Å². The van der Waals surface area contributed by atoms with Crippen molar-refractivity contribution in [3.63, 3.8) is 0 Å². The molecule has 2 aliphatic heterocycles.